The van der Waals surface area contributed by atoms with Gasteiger partial charge in [-0.05, 0) is 37.9 Å². The first-order valence-corrected chi connectivity index (χ1v) is 7.23. The minimum absolute atomic E-state index is 0. The number of nitrogens with one attached hydrogen (secondary N) is 3. The number of hydrogen-bond donors (Lipinski definition) is 3. The second-order valence-corrected chi connectivity index (χ2v) is 5.03. The summed E-state index contributed by atoms with van der Waals surface area (Å²) in [6.45, 7) is 1.74. The Morgan fingerprint density at radius 2 is 2.18 bits per heavy atom. The smallest absolute Gasteiger partial charge is 0.319 e. The van der Waals surface area contributed by atoms with Crippen LogP contribution < -0.4 is 25.4 Å². The minimum Gasteiger partial charge on any atom is -0.497 e. The highest BCUT2D eigenvalue weighted by Crippen LogP contribution is 2.28. The summed E-state index contributed by atoms with van der Waals surface area (Å²) < 4.78 is 10.4. The van der Waals surface area contributed by atoms with Crippen molar-refractivity contribution in [2.24, 2.45) is 0 Å². The molecule has 0 bridgehead atoms. The quantitative estimate of drug-likeness (QED) is 0.749. The number of urea groups is 1. The number of amides is 2. The maximum atomic E-state index is 11.9. The molecule has 1 aromatic carbocycles. The average molecular weight is 330 g/mol. The summed E-state index contributed by atoms with van der Waals surface area (Å²) in [6, 6.07) is 5.58. The molecule has 1 aliphatic heterocycles. The molecule has 22 heavy (non-hydrogen) atoms. The van der Waals surface area contributed by atoms with Crippen molar-refractivity contribution in [1.29, 1.82) is 0 Å². The van der Waals surface area contributed by atoms with E-state index in [9.17, 15) is 4.79 Å². The zero-order valence-electron chi connectivity index (χ0n) is 13.0. The van der Waals surface area contributed by atoms with Crippen molar-refractivity contribution < 1.29 is 14.3 Å². The molecule has 2 amide bonds. The maximum Gasteiger partial charge on any atom is 0.319 e. The largest absolute Gasteiger partial charge is 0.497 e. The summed E-state index contributed by atoms with van der Waals surface area (Å²) in [5.41, 5.74) is 0.620. The highest BCUT2D eigenvalue weighted by molar-refractivity contribution is 5.91. The van der Waals surface area contributed by atoms with E-state index in [1.54, 1.807) is 32.4 Å². The van der Waals surface area contributed by atoms with Gasteiger partial charge in [0.15, 0.2) is 0 Å². The van der Waals surface area contributed by atoms with Gasteiger partial charge in [-0.25, -0.2) is 4.79 Å². The standard InChI is InChI=1S/C15H23N3O3.ClH/c1-20-12-5-6-13(14(10-12)21-2)18-15(19)17-9-7-11-4-3-8-16-11;/h5-6,10-11,16H,3-4,7-9H2,1-2H3,(H2,17,18,19);1H/t11-;/m0./s1. The Kier molecular flexibility index (Phi) is 7.84. The van der Waals surface area contributed by atoms with Gasteiger partial charge in [-0.3, -0.25) is 0 Å². The van der Waals surface area contributed by atoms with Gasteiger partial charge in [-0.2, -0.15) is 0 Å². The SMILES string of the molecule is COc1ccc(NC(=O)NCC[C@@H]2CCCN2)c(OC)c1.Cl. The number of anilines is 1. The number of rotatable bonds is 6. The normalized spacial score (nSPS) is 16.5. The van der Waals surface area contributed by atoms with Gasteiger partial charge in [0.1, 0.15) is 11.5 Å². The van der Waals surface area contributed by atoms with E-state index in [1.807, 2.05) is 0 Å². The molecule has 0 radical (unpaired) electrons. The first kappa shape index (κ1) is 18.4. The molecule has 0 spiro atoms. The summed E-state index contributed by atoms with van der Waals surface area (Å²) in [7, 11) is 3.15. The summed E-state index contributed by atoms with van der Waals surface area (Å²) in [4.78, 5) is 11.9. The predicted octanol–water partition coefficient (Wildman–Crippen LogP) is 2.39. The molecule has 0 unspecified atom stereocenters. The number of halogens is 1. The van der Waals surface area contributed by atoms with E-state index in [-0.39, 0.29) is 18.4 Å². The Balaban J connectivity index is 0.00000242. The lowest BCUT2D eigenvalue weighted by atomic mass is 10.1. The van der Waals surface area contributed by atoms with Crippen LogP contribution >= 0.6 is 12.4 Å². The van der Waals surface area contributed by atoms with Crippen LogP contribution in [0.15, 0.2) is 18.2 Å². The third kappa shape index (κ3) is 5.27. The van der Waals surface area contributed by atoms with Crippen molar-refractivity contribution in [2.45, 2.75) is 25.3 Å². The third-order valence-electron chi connectivity index (χ3n) is 3.60. The molecule has 2 rings (SSSR count). The molecule has 1 saturated heterocycles. The lowest BCUT2D eigenvalue weighted by Gasteiger charge is -2.13. The molecule has 0 saturated carbocycles. The van der Waals surface area contributed by atoms with Crippen molar-refractivity contribution in [2.75, 3.05) is 32.6 Å². The fraction of sp³-hybridized carbons (Fsp3) is 0.533. The first-order valence-electron chi connectivity index (χ1n) is 7.23. The van der Waals surface area contributed by atoms with E-state index >= 15 is 0 Å². The van der Waals surface area contributed by atoms with E-state index in [1.165, 1.54) is 12.8 Å². The van der Waals surface area contributed by atoms with Crippen LogP contribution in [0.2, 0.25) is 0 Å². The Bertz CT molecular complexity index is 479. The molecule has 0 aliphatic carbocycles. The van der Waals surface area contributed by atoms with E-state index in [0.29, 0.717) is 29.8 Å². The van der Waals surface area contributed by atoms with Gasteiger partial charge in [-0.1, -0.05) is 0 Å². The number of methoxy groups -OCH3 is 2. The molecular weight excluding hydrogens is 306 g/mol. The van der Waals surface area contributed by atoms with Gasteiger partial charge in [0.25, 0.3) is 0 Å². The molecule has 1 heterocycles. The van der Waals surface area contributed by atoms with Gasteiger partial charge in [0.2, 0.25) is 0 Å². The Morgan fingerprint density at radius 1 is 1.36 bits per heavy atom. The third-order valence-corrected chi connectivity index (χ3v) is 3.60. The summed E-state index contributed by atoms with van der Waals surface area (Å²) in [5, 5.41) is 9.05. The van der Waals surface area contributed by atoms with Gasteiger partial charge < -0.3 is 25.4 Å². The molecule has 7 heteroatoms. The van der Waals surface area contributed by atoms with Gasteiger partial charge in [0, 0.05) is 18.7 Å². The molecule has 3 N–H and O–H groups in total. The van der Waals surface area contributed by atoms with Gasteiger partial charge in [0.05, 0.1) is 19.9 Å². The minimum atomic E-state index is -0.225. The van der Waals surface area contributed by atoms with Crippen LogP contribution in [-0.4, -0.2) is 39.4 Å². The summed E-state index contributed by atoms with van der Waals surface area (Å²) in [6.07, 6.45) is 3.36. The van der Waals surface area contributed by atoms with Crippen LogP contribution in [0.3, 0.4) is 0 Å². The van der Waals surface area contributed by atoms with Gasteiger partial charge >= 0.3 is 6.03 Å². The van der Waals surface area contributed by atoms with Crippen molar-refractivity contribution in [1.82, 2.24) is 10.6 Å². The fourth-order valence-corrected chi connectivity index (χ4v) is 2.43. The first-order chi connectivity index (χ1) is 10.2. The van der Waals surface area contributed by atoms with E-state index in [0.717, 1.165) is 13.0 Å². The topological polar surface area (TPSA) is 71.6 Å². The Hall–Kier alpha value is -1.66. The van der Waals surface area contributed by atoms with Crippen LogP contribution in [-0.2, 0) is 0 Å². The maximum absolute atomic E-state index is 11.9. The van der Waals surface area contributed by atoms with Crippen LogP contribution in [0.5, 0.6) is 11.5 Å². The molecular formula is C15H24ClN3O3. The van der Waals surface area contributed by atoms with Gasteiger partial charge in [-0.15, -0.1) is 12.4 Å². The lowest BCUT2D eigenvalue weighted by molar-refractivity contribution is 0.251. The summed E-state index contributed by atoms with van der Waals surface area (Å²) >= 11 is 0. The van der Waals surface area contributed by atoms with Crippen molar-refractivity contribution in [3.05, 3.63) is 18.2 Å². The molecule has 6 nitrogen and oxygen atoms in total. The number of ether oxygens (including phenoxy) is 2. The number of hydrogen-bond acceptors (Lipinski definition) is 4. The zero-order valence-corrected chi connectivity index (χ0v) is 13.8. The Labute approximate surface area is 137 Å². The lowest BCUT2D eigenvalue weighted by Crippen LogP contribution is -2.33. The second-order valence-electron chi connectivity index (χ2n) is 5.03. The number of carbonyl (C=O) groups excluding carboxylic acids is 1. The van der Waals surface area contributed by atoms with Crippen LogP contribution in [0, 0.1) is 0 Å². The number of carbonyl (C=O) groups is 1. The van der Waals surface area contributed by atoms with E-state index in [4.69, 9.17) is 9.47 Å². The van der Waals surface area contributed by atoms with E-state index in [2.05, 4.69) is 16.0 Å². The monoisotopic (exact) mass is 329 g/mol. The van der Waals surface area contributed by atoms with E-state index < -0.39 is 0 Å². The van der Waals surface area contributed by atoms with Crippen molar-refractivity contribution >= 4 is 24.1 Å². The van der Waals surface area contributed by atoms with Crippen LogP contribution in [0.25, 0.3) is 0 Å². The zero-order chi connectivity index (χ0) is 15.1. The predicted molar refractivity (Wildman–Crippen MR) is 89.5 cm³/mol. The molecule has 124 valence electrons. The average Bonchev–Trinajstić information content (AvgIpc) is 3.01. The fourth-order valence-electron chi connectivity index (χ4n) is 2.43. The molecule has 0 aromatic heterocycles. The van der Waals surface area contributed by atoms with Crippen LogP contribution in [0.1, 0.15) is 19.3 Å². The highest BCUT2D eigenvalue weighted by atomic mass is 35.5. The molecule has 1 fully saturated rings. The Morgan fingerprint density at radius 3 is 2.82 bits per heavy atom. The van der Waals surface area contributed by atoms with Crippen LogP contribution in [0.4, 0.5) is 10.5 Å². The van der Waals surface area contributed by atoms with Crippen molar-refractivity contribution in [3.63, 3.8) is 0 Å². The number of benzene rings is 1. The highest BCUT2D eigenvalue weighted by Gasteiger charge is 2.14. The second kappa shape index (κ2) is 9.38. The molecule has 1 aromatic rings. The summed E-state index contributed by atoms with van der Waals surface area (Å²) in [5.74, 6) is 1.26. The molecule has 1 aliphatic rings. The molecule has 1 atom stereocenters. The van der Waals surface area contributed by atoms with Crippen molar-refractivity contribution in [3.8, 4) is 11.5 Å².